The molecule has 0 saturated heterocycles. The summed E-state index contributed by atoms with van der Waals surface area (Å²) in [5.41, 5.74) is 5.28. The standard InChI is InChI=1S/C43H81N3O8/c1-4-6-8-10-12-14-16-18-20-22-24-26-28-30-36(54-40(50)31-29-27-25-23-21-19-17-15-13-11-9-7-5-2)34-39(49)45-37(32-33-38(44)48)42(51)46-41(35(3)47)43(52)53/h35-37,41,47H,4-34H2,1-3H3,(H2,44,48)(H,45,49)(H,46,51)(H,52,53)/t35-,36?,37+,41+/m1/s1. The third kappa shape index (κ3) is 31.6. The van der Waals surface area contributed by atoms with Gasteiger partial charge in [0.25, 0.3) is 0 Å². The van der Waals surface area contributed by atoms with Crippen LogP contribution in [-0.2, 0) is 28.7 Å². The van der Waals surface area contributed by atoms with E-state index in [2.05, 4.69) is 24.5 Å². The van der Waals surface area contributed by atoms with Crippen molar-refractivity contribution in [2.24, 2.45) is 5.73 Å². The second kappa shape index (κ2) is 36.0. The lowest BCUT2D eigenvalue weighted by Crippen LogP contribution is -2.55. The smallest absolute Gasteiger partial charge is 0.328 e. The van der Waals surface area contributed by atoms with E-state index in [4.69, 9.17) is 10.5 Å². The summed E-state index contributed by atoms with van der Waals surface area (Å²) >= 11 is 0. The lowest BCUT2D eigenvalue weighted by Gasteiger charge is -2.24. The summed E-state index contributed by atoms with van der Waals surface area (Å²) in [5, 5.41) is 24.0. The minimum Gasteiger partial charge on any atom is -0.480 e. The number of carbonyl (C=O) groups is 5. The number of aliphatic carboxylic acids is 1. The van der Waals surface area contributed by atoms with Crippen molar-refractivity contribution in [1.29, 1.82) is 0 Å². The molecule has 0 saturated carbocycles. The van der Waals surface area contributed by atoms with Crippen LogP contribution >= 0.6 is 0 Å². The van der Waals surface area contributed by atoms with Gasteiger partial charge in [0.05, 0.1) is 12.5 Å². The second-order valence-corrected chi connectivity index (χ2v) is 15.5. The van der Waals surface area contributed by atoms with Gasteiger partial charge in [0.1, 0.15) is 12.1 Å². The van der Waals surface area contributed by atoms with Gasteiger partial charge < -0.3 is 31.3 Å². The van der Waals surface area contributed by atoms with E-state index >= 15 is 0 Å². The van der Waals surface area contributed by atoms with Gasteiger partial charge in [-0.1, -0.05) is 168 Å². The van der Waals surface area contributed by atoms with Gasteiger partial charge in [0.15, 0.2) is 6.04 Å². The average molecular weight is 768 g/mol. The highest BCUT2D eigenvalue weighted by atomic mass is 16.5. The molecule has 0 aromatic rings. The molecule has 0 aliphatic carbocycles. The predicted octanol–water partition coefficient (Wildman–Crippen LogP) is 8.95. The van der Waals surface area contributed by atoms with Crippen molar-refractivity contribution in [1.82, 2.24) is 10.6 Å². The zero-order chi connectivity index (χ0) is 40.2. The predicted molar refractivity (Wildman–Crippen MR) is 217 cm³/mol. The van der Waals surface area contributed by atoms with Gasteiger partial charge in [-0.15, -0.1) is 0 Å². The fourth-order valence-electron chi connectivity index (χ4n) is 6.78. The lowest BCUT2D eigenvalue weighted by atomic mass is 10.0. The minimum absolute atomic E-state index is 0.151. The number of aliphatic hydroxyl groups excluding tert-OH is 1. The zero-order valence-electron chi connectivity index (χ0n) is 34.7. The molecule has 1 unspecified atom stereocenters. The Bertz CT molecular complexity index is 976. The maximum Gasteiger partial charge on any atom is 0.328 e. The van der Waals surface area contributed by atoms with Gasteiger partial charge in [-0.2, -0.15) is 0 Å². The maximum atomic E-state index is 13.2. The number of unbranched alkanes of at least 4 members (excludes halogenated alkanes) is 24. The molecule has 0 heterocycles. The number of amides is 3. The SMILES string of the molecule is CCCCCCCCCCCCCCCC(=O)OC(CCCCCCCCCCCCCCC)CC(=O)N[C@@H](CCC(N)=O)C(=O)N[C@H](C(=O)O)[C@@H](C)O. The number of hydrogen-bond donors (Lipinski definition) is 5. The molecule has 0 bridgehead atoms. The molecule has 0 spiro atoms. The fraction of sp³-hybridized carbons (Fsp3) is 0.884. The van der Waals surface area contributed by atoms with Crippen LogP contribution in [0.1, 0.15) is 220 Å². The Labute approximate surface area is 328 Å². The normalized spacial score (nSPS) is 13.5. The van der Waals surface area contributed by atoms with Crippen molar-refractivity contribution in [3.63, 3.8) is 0 Å². The minimum atomic E-state index is -1.60. The molecule has 0 aliphatic heterocycles. The summed E-state index contributed by atoms with van der Waals surface area (Å²) in [6.07, 6.45) is 29.6. The van der Waals surface area contributed by atoms with E-state index in [1.54, 1.807) is 0 Å². The first-order valence-corrected chi connectivity index (χ1v) is 22.0. The van der Waals surface area contributed by atoms with E-state index < -0.39 is 48.0 Å². The van der Waals surface area contributed by atoms with Gasteiger partial charge in [-0.25, -0.2) is 4.79 Å². The van der Waals surface area contributed by atoms with E-state index in [9.17, 15) is 34.2 Å². The number of primary amides is 1. The summed E-state index contributed by atoms with van der Waals surface area (Å²) in [6, 6.07) is -2.86. The molecular weight excluding hydrogens is 686 g/mol. The van der Waals surface area contributed by atoms with Gasteiger partial charge in [-0.3, -0.25) is 19.2 Å². The van der Waals surface area contributed by atoms with Crippen molar-refractivity contribution < 1.29 is 38.9 Å². The van der Waals surface area contributed by atoms with Gasteiger partial charge in [0.2, 0.25) is 17.7 Å². The van der Waals surface area contributed by atoms with Gasteiger partial charge >= 0.3 is 11.9 Å². The van der Waals surface area contributed by atoms with Crippen molar-refractivity contribution in [3.05, 3.63) is 0 Å². The number of carboxylic acid groups (broad SMARTS) is 1. The summed E-state index contributed by atoms with van der Waals surface area (Å²) < 4.78 is 5.82. The number of carboxylic acids is 1. The highest BCUT2D eigenvalue weighted by Gasteiger charge is 2.30. The van der Waals surface area contributed by atoms with Gasteiger partial charge in [-0.05, 0) is 32.6 Å². The molecule has 4 atom stereocenters. The number of nitrogens with two attached hydrogens (primary N) is 1. The second-order valence-electron chi connectivity index (χ2n) is 15.5. The molecule has 0 fully saturated rings. The van der Waals surface area contributed by atoms with Crippen LogP contribution in [0, 0.1) is 0 Å². The Morgan fingerprint density at radius 2 is 0.981 bits per heavy atom. The number of carbonyl (C=O) groups excluding carboxylic acids is 4. The highest BCUT2D eigenvalue weighted by Crippen LogP contribution is 2.18. The van der Waals surface area contributed by atoms with Crippen molar-refractivity contribution >= 4 is 29.7 Å². The molecule has 3 amide bonds. The van der Waals surface area contributed by atoms with Crippen molar-refractivity contribution in [2.45, 2.75) is 244 Å². The molecule has 0 aromatic carbocycles. The van der Waals surface area contributed by atoms with E-state index in [0.717, 1.165) is 44.9 Å². The first-order valence-electron chi connectivity index (χ1n) is 22.0. The van der Waals surface area contributed by atoms with Crippen LogP contribution < -0.4 is 16.4 Å². The Morgan fingerprint density at radius 1 is 0.574 bits per heavy atom. The number of rotatable bonds is 39. The molecule has 316 valence electrons. The topological polar surface area (TPSA) is 185 Å². The van der Waals surface area contributed by atoms with Crippen LogP contribution in [-0.4, -0.2) is 64.2 Å². The highest BCUT2D eigenvalue weighted by molar-refractivity contribution is 5.91. The van der Waals surface area contributed by atoms with Crippen LogP contribution in [0.3, 0.4) is 0 Å². The van der Waals surface area contributed by atoms with Gasteiger partial charge in [0, 0.05) is 12.8 Å². The summed E-state index contributed by atoms with van der Waals surface area (Å²) in [5.74, 6) is -3.88. The Balaban J connectivity index is 4.92. The Hall–Kier alpha value is -2.69. The van der Waals surface area contributed by atoms with Crippen LogP contribution in [0.15, 0.2) is 0 Å². The molecule has 0 rings (SSSR count). The largest absolute Gasteiger partial charge is 0.480 e. The average Bonchev–Trinajstić information content (AvgIpc) is 3.12. The number of hydrogen-bond acceptors (Lipinski definition) is 7. The monoisotopic (exact) mass is 768 g/mol. The van der Waals surface area contributed by atoms with E-state index in [-0.39, 0.29) is 31.7 Å². The molecular formula is C43H81N3O8. The summed E-state index contributed by atoms with van der Waals surface area (Å²) in [4.78, 5) is 62.0. The number of esters is 1. The van der Waals surface area contributed by atoms with Crippen LogP contribution in [0.2, 0.25) is 0 Å². The number of nitrogens with one attached hydrogen (secondary N) is 2. The zero-order valence-corrected chi connectivity index (χ0v) is 34.7. The van der Waals surface area contributed by atoms with E-state index in [0.29, 0.717) is 6.42 Å². The summed E-state index contributed by atoms with van der Waals surface area (Å²) in [6.45, 7) is 5.71. The Morgan fingerprint density at radius 3 is 1.37 bits per heavy atom. The first kappa shape index (κ1) is 51.3. The molecule has 11 nitrogen and oxygen atoms in total. The molecule has 0 aromatic heterocycles. The molecule has 11 heteroatoms. The molecule has 6 N–H and O–H groups in total. The third-order valence-corrected chi connectivity index (χ3v) is 10.2. The molecule has 0 aliphatic rings. The van der Waals surface area contributed by atoms with Crippen LogP contribution in [0.25, 0.3) is 0 Å². The first-order chi connectivity index (χ1) is 26.0. The van der Waals surface area contributed by atoms with E-state index in [1.165, 1.54) is 129 Å². The van der Waals surface area contributed by atoms with Crippen molar-refractivity contribution in [2.75, 3.05) is 0 Å². The van der Waals surface area contributed by atoms with Crippen LogP contribution in [0.5, 0.6) is 0 Å². The maximum absolute atomic E-state index is 13.2. The lowest BCUT2D eigenvalue weighted by molar-refractivity contribution is -0.151. The Kier molecular flexibility index (Phi) is 34.2. The fourth-order valence-corrected chi connectivity index (χ4v) is 6.78. The quantitative estimate of drug-likeness (QED) is 0.0303. The molecule has 54 heavy (non-hydrogen) atoms. The number of ether oxygens (including phenoxy) is 1. The van der Waals surface area contributed by atoms with Crippen molar-refractivity contribution in [3.8, 4) is 0 Å². The summed E-state index contributed by atoms with van der Waals surface area (Å²) in [7, 11) is 0. The number of aliphatic hydroxyl groups is 1. The van der Waals surface area contributed by atoms with E-state index in [1.807, 2.05) is 0 Å². The third-order valence-electron chi connectivity index (χ3n) is 10.2. The molecule has 0 radical (unpaired) electrons. The van der Waals surface area contributed by atoms with Crippen LogP contribution in [0.4, 0.5) is 0 Å².